The molecule has 260 valence electrons. The van der Waals surface area contributed by atoms with Crippen LogP contribution in [0.15, 0.2) is 127 Å². The lowest BCUT2D eigenvalue weighted by atomic mass is 9.99. The van der Waals surface area contributed by atoms with Gasteiger partial charge in [0.15, 0.2) is 11.5 Å². The molecule has 0 heterocycles. The summed E-state index contributed by atoms with van der Waals surface area (Å²) in [4.78, 5) is -1.11. The molecule has 0 bridgehead atoms. The molecule has 6 rings (SSSR count). The maximum absolute atomic E-state index is 14.3. The quantitative estimate of drug-likeness (QED) is 0.0917. The summed E-state index contributed by atoms with van der Waals surface area (Å²) in [6.07, 6.45) is -4.92. The molecule has 12 nitrogen and oxygen atoms in total. The van der Waals surface area contributed by atoms with Crippen molar-refractivity contribution in [3.63, 3.8) is 0 Å². The number of azo groups is 2. The summed E-state index contributed by atoms with van der Waals surface area (Å²) in [5.74, 6) is -0.947. The van der Waals surface area contributed by atoms with E-state index in [2.05, 4.69) is 20.5 Å². The van der Waals surface area contributed by atoms with Crippen LogP contribution >= 0.6 is 0 Å². The fraction of sp³-hybridized carbons (Fsp3) is 0.0588. The monoisotopic (exact) mass is 736 g/mol. The molecule has 17 heteroatoms. The van der Waals surface area contributed by atoms with Crippen molar-refractivity contribution in [3.8, 4) is 22.6 Å². The van der Waals surface area contributed by atoms with Crippen LogP contribution in [0.5, 0.6) is 11.5 Å². The van der Waals surface area contributed by atoms with Crippen molar-refractivity contribution in [2.75, 3.05) is 0 Å². The summed E-state index contributed by atoms with van der Waals surface area (Å²) < 4.78 is 110. The Bertz CT molecular complexity index is 2680. The molecule has 4 N–H and O–H groups in total. The van der Waals surface area contributed by atoms with Crippen molar-refractivity contribution >= 4 is 64.5 Å². The standard InChI is InChI=1S/C34H23F3N4O8S2/c1-18-14-19(10-12-26(18)38-40-28-16-30(50(44,45)46)21-6-2-4-8-23(21)32(28)42)20-11-13-27(25(15-20)34(35,36)37)39-41-29-17-31(51(47,48)49)22-7-3-5-9-24(22)33(29)43/h2-17,42-43H,1H3,(H,44,45,46)(H,47,48,49). The van der Waals surface area contributed by atoms with Crippen LogP contribution in [0.25, 0.3) is 32.7 Å². The van der Waals surface area contributed by atoms with Crippen LogP contribution in [0.4, 0.5) is 35.9 Å². The topological polar surface area (TPSA) is 199 Å². The van der Waals surface area contributed by atoms with Crippen LogP contribution < -0.4 is 0 Å². The first kappa shape index (κ1) is 35.1. The lowest BCUT2D eigenvalue weighted by Crippen LogP contribution is -2.05. The molecule has 51 heavy (non-hydrogen) atoms. The molecule has 0 aromatic heterocycles. The smallest absolute Gasteiger partial charge is 0.418 e. The Balaban J connectivity index is 1.35. The fourth-order valence-corrected chi connectivity index (χ4v) is 6.83. The van der Waals surface area contributed by atoms with Gasteiger partial charge in [0.05, 0.1) is 16.9 Å². The number of aryl methyl sites for hydroxylation is 1. The Kier molecular flexibility index (Phi) is 8.84. The SMILES string of the molecule is Cc1cc(-c2ccc(N=Nc3cc(S(=O)(=O)O)c4ccccc4c3O)c(C(F)(F)F)c2)ccc1N=Nc1cc(S(=O)(=O)O)c2ccccc2c1O. The van der Waals surface area contributed by atoms with Crippen LogP contribution in [-0.4, -0.2) is 36.2 Å². The van der Waals surface area contributed by atoms with Crippen molar-refractivity contribution in [2.24, 2.45) is 20.5 Å². The molecule has 0 saturated carbocycles. The van der Waals surface area contributed by atoms with Crippen LogP contribution in [0.3, 0.4) is 0 Å². The highest BCUT2D eigenvalue weighted by molar-refractivity contribution is 7.86. The van der Waals surface area contributed by atoms with E-state index in [1.807, 2.05) is 0 Å². The van der Waals surface area contributed by atoms with Gasteiger partial charge in [-0.2, -0.15) is 35.1 Å². The second-order valence-electron chi connectivity index (χ2n) is 11.2. The van der Waals surface area contributed by atoms with E-state index in [-0.39, 0.29) is 44.2 Å². The van der Waals surface area contributed by atoms with E-state index in [1.165, 1.54) is 66.7 Å². The predicted octanol–water partition coefficient (Wildman–Crippen LogP) is 9.72. The molecule has 0 radical (unpaired) electrons. The summed E-state index contributed by atoms with van der Waals surface area (Å²) in [7, 11) is -9.50. The molecule has 0 spiro atoms. The van der Waals surface area contributed by atoms with Gasteiger partial charge in [0.2, 0.25) is 0 Å². The molecule has 0 atom stereocenters. The predicted molar refractivity (Wildman–Crippen MR) is 181 cm³/mol. The molecule has 6 aromatic carbocycles. The Morgan fingerprint density at radius 1 is 0.529 bits per heavy atom. The number of nitrogens with zero attached hydrogens (tertiary/aromatic N) is 4. The Hall–Kier alpha value is -5.75. The molecule has 0 amide bonds. The Morgan fingerprint density at radius 2 is 0.922 bits per heavy atom. The van der Waals surface area contributed by atoms with E-state index in [1.54, 1.807) is 13.0 Å². The average Bonchev–Trinajstić information content (AvgIpc) is 3.07. The van der Waals surface area contributed by atoms with E-state index in [4.69, 9.17) is 0 Å². The summed E-state index contributed by atoms with van der Waals surface area (Å²) in [5, 5.41) is 36.9. The highest BCUT2D eigenvalue weighted by Crippen LogP contribution is 2.44. The first-order valence-electron chi connectivity index (χ1n) is 14.5. The molecule has 0 aliphatic carbocycles. The molecule has 0 aliphatic rings. The van der Waals surface area contributed by atoms with Gasteiger partial charge in [-0.05, 0) is 60.0 Å². The first-order chi connectivity index (χ1) is 23.9. The number of hydrogen-bond acceptors (Lipinski definition) is 10. The number of aromatic hydroxyl groups is 2. The van der Waals surface area contributed by atoms with Gasteiger partial charge in [-0.1, -0.05) is 60.7 Å². The van der Waals surface area contributed by atoms with Gasteiger partial charge in [0, 0.05) is 21.5 Å². The number of hydrogen-bond donors (Lipinski definition) is 4. The molecule has 0 fully saturated rings. The second kappa shape index (κ2) is 12.9. The van der Waals surface area contributed by atoms with Crippen molar-refractivity contribution in [2.45, 2.75) is 22.9 Å². The van der Waals surface area contributed by atoms with Crippen molar-refractivity contribution < 1.29 is 49.3 Å². The lowest BCUT2D eigenvalue weighted by molar-refractivity contribution is -0.137. The Morgan fingerprint density at radius 3 is 1.35 bits per heavy atom. The van der Waals surface area contributed by atoms with Gasteiger partial charge in [-0.25, -0.2) is 0 Å². The fourth-order valence-electron chi connectivity index (χ4n) is 5.40. The van der Waals surface area contributed by atoms with E-state index < -0.39 is 58.9 Å². The lowest BCUT2D eigenvalue weighted by Gasteiger charge is -2.13. The number of phenols is 2. The Labute approximate surface area is 287 Å². The number of rotatable bonds is 7. The largest absolute Gasteiger partial charge is 0.505 e. The van der Waals surface area contributed by atoms with Gasteiger partial charge in [-0.3, -0.25) is 9.11 Å². The normalized spacial score (nSPS) is 12.8. The second-order valence-corrected chi connectivity index (χ2v) is 13.9. The summed E-state index contributed by atoms with van der Waals surface area (Å²) in [6, 6.07) is 21.0. The third kappa shape index (κ3) is 7.00. The number of phenolic OH excluding ortho intramolecular Hbond substituents is 2. The van der Waals surface area contributed by atoms with Gasteiger partial charge in [0.1, 0.15) is 21.2 Å². The van der Waals surface area contributed by atoms with E-state index in [9.17, 15) is 49.3 Å². The first-order valence-corrected chi connectivity index (χ1v) is 17.4. The molecular formula is C34H23F3N4O8S2. The van der Waals surface area contributed by atoms with Gasteiger partial charge in [0.25, 0.3) is 20.2 Å². The molecular weight excluding hydrogens is 714 g/mol. The highest BCUT2D eigenvalue weighted by atomic mass is 32.2. The molecule has 0 aliphatic heterocycles. The zero-order valence-electron chi connectivity index (χ0n) is 25.9. The van der Waals surface area contributed by atoms with Crippen LogP contribution in [0.2, 0.25) is 0 Å². The van der Waals surface area contributed by atoms with Crippen LogP contribution in [-0.2, 0) is 26.4 Å². The minimum atomic E-state index is -4.92. The third-order valence-corrected chi connectivity index (χ3v) is 9.62. The van der Waals surface area contributed by atoms with Gasteiger partial charge in [-0.15, -0.1) is 15.3 Å². The van der Waals surface area contributed by atoms with E-state index in [0.717, 1.165) is 24.3 Å². The summed E-state index contributed by atoms with van der Waals surface area (Å²) >= 11 is 0. The van der Waals surface area contributed by atoms with E-state index in [0.29, 0.717) is 11.1 Å². The van der Waals surface area contributed by atoms with Gasteiger partial charge < -0.3 is 10.2 Å². The number of alkyl halides is 3. The highest BCUT2D eigenvalue weighted by Gasteiger charge is 2.34. The summed E-state index contributed by atoms with van der Waals surface area (Å²) in [6.45, 7) is 1.60. The molecule has 6 aromatic rings. The van der Waals surface area contributed by atoms with Crippen molar-refractivity contribution in [3.05, 3.63) is 108 Å². The maximum atomic E-state index is 14.3. The minimum Gasteiger partial charge on any atom is -0.505 e. The minimum absolute atomic E-state index is 0.0248. The molecule has 0 unspecified atom stereocenters. The maximum Gasteiger partial charge on any atom is 0.418 e. The zero-order chi connectivity index (χ0) is 36.9. The van der Waals surface area contributed by atoms with E-state index >= 15 is 0 Å². The molecule has 0 saturated heterocycles. The summed E-state index contributed by atoms with van der Waals surface area (Å²) in [5.41, 5.74) is -1.44. The van der Waals surface area contributed by atoms with Crippen LogP contribution in [0.1, 0.15) is 11.1 Å². The van der Waals surface area contributed by atoms with Crippen molar-refractivity contribution in [1.82, 2.24) is 0 Å². The van der Waals surface area contributed by atoms with Gasteiger partial charge >= 0.3 is 6.18 Å². The zero-order valence-corrected chi connectivity index (χ0v) is 27.5. The average molecular weight is 737 g/mol. The van der Waals surface area contributed by atoms with Crippen molar-refractivity contribution in [1.29, 1.82) is 0 Å². The number of halogens is 3. The number of fused-ring (bicyclic) bond motifs is 2. The van der Waals surface area contributed by atoms with Crippen LogP contribution in [0, 0.1) is 6.92 Å². The number of benzene rings is 6. The third-order valence-electron chi connectivity index (χ3n) is 7.83.